The Kier molecular flexibility index (Phi) is 6.07. The van der Waals surface area contributed by atoms with Crippen molar-refractivity contribution in [1.29, 1.82) is 0 Å². The first-order valence-electron chi connectivity index (χ1n) is 7.99. The average molecular weight is 399 g/mol. The molecule has 2 aromatic carbocycles. The third-order valence-electron chi connectivity index (χ3n) is 4.20. The lowest BCUT2D eigenvalue weighted by molar-refractivity contribution is 0.143. The van der Waals surface area contributed by atoms with Crippen LogP contribution in [0.25, 0.3) is 0 Å². The van der Waals surface area contributed by atoms with E-state index < -0.39 is 0 Å². The molecule has 1 saturated heterocycles. The van der Waals surface area contributed by atoms with Crippen molar-refractivity contribution in [2.24, 2.45) is 0 Å². The molecule has 0 spiro atoms. The van der Waals surface area contributed by atoms with E-state index in [2.05, 4.69) is 10.2 Å². The molecule has 0 atom stereocenters. The molecule has 1 N–H and O–H groups in total. The Morgan fingerprint density at radius 3 is 2.12 bits per heavy atom. The number of hydrogen-bond donors (Lipinski definition) is 1. The van der Waals surface area contributed by atoms with Gasteiger partial charge in [0.05, 0.1) is 0 Å². The SMILES string of the molecule is O=C(Nc1ccc(Cl)cc1)N1CCN(Cc2c(Cl)cccc2Cl)CC1. The van der Waals surface area contributed by atoms with Crippen LogP contribution in [-0.2, 0) is 6.54 Å². The van der Waals surface area contributed by atoms with Gasteiger partial charge in [0.1, 0.15) is 0 Å². The standard InChI is InChI=1S/C18H18Cl3N3O/c19-13-4-6-14(7-5-13)22-18(25)24-10-8-23(9-11-24)12-15-16(20)2-1-3-17(15)21/h1-7H,8-12H2,(H,22,25). The maximum absolute atomic E-state index is 12.3. The maximum Gasteiger partial charge on any atom is 0.321 e. The van der Waals surface area contributed by atoms with Crippen LogP contribution in [0, 0.1) is 0 Å². The van der Waals surface area contributed by atoms with Gasteiger partial charge in [-0.2, -0.15) is 0 Å². The van der Waals surface area contributed by atoms with E-state index in [1.54, 1.807) is 29.2 Å². The van der Waals surface area contributed by atoms with Crippen molar-refractivity contribution in [1.82, 2.24) is 9.80 Å². The molecular weight excluding hydrogens is 381 g/mol. The Bertz CT molecular complexity index is 723. The van der Waals surface area contributed by atoms with Gasteiger partial charge in [-0.3, -0.25) is 4.90 Å². The number of amides is 2. The summed E-state index contributed by atoms with van der Waals surface area (Å²) in [6, 6.07) is 12.5. The molecule has 4 nitrogen and oxygen atoms in total. The number of urea groups is 1. The highest BCUT2D eigenvalue weighted by molar-refractivity contribution is 6.36. The van der Waals surface area contributed by atoms with Crippen LogP contribution in [0.2, 0.25) is 15.1 Å². The van der Waals surface area contributed by atoms with Crippen LogP contribution in [0.5, 0.6) is 0 Å². The monoisotopic (exact) mass is 397 g/mol. The van der Waals surface area contributed by atoms with E-state index in [0.717, 1.165) is 24.3 Å². The first-order chi connectivity index (χ1) is 12.0. The molecule has 2 amide bonds. The highest BCUT2D eigenvalue weighted by Gasteiger charge is 2.22. The molecule has 132 valence electrons. The second-order valence-electron chi connectivity index (χ2n) is 5.90. The summed E-state index contributed by atoms with van der Waals surface area (Å²) in [5.41, 5.74) is 1.67. The topological polar surface area (TPSA) is 35.6 Å². The van der Waals surface area contributed by atoms with E-state index in [-0.39, 0.29) is 6.03 Å². The van der Waals surface area contributed by atoms with Gasteiger partial charge in [-0.1, -0.05) is 40.9 Å². The molecule has 0 unspecified atom stereocenters. The van der Waals surface area contributed by atoms with Gasteiger partial charge in [0.2, 0.25) is 0 Å². The van der Waals surface area contributed by atoms with Crippen molar-refractivity contribution < 1.29 is 4.79 Å². The van der Waals surface area contributed by atoms with Gasteiger partial charge in [0, 0.05) is 59.0 Å². The van der Waals surface area contributed by atoms with Crippen molar-refractivity contribution in [3.05, 3.63) is 63.1 Å². The van der Waals surface area contributed by atoms with Gasteiger partial charge in [-0.25, -0.2) is 4.79 Å². The van der Waals surface area contributed by atoms with Crippen LogP contribution in [0.3, 0.4) is 0 Å². The lowest BCUT2D eigenvalue weighted by Crippen LogP contribution is -2.49. The maximum atomic E-state index is 12.3. The zero-order valence-electron chi connectivity index (χ0n) is 13.5. The van der Waals surface area contributed by atoms with Crippen molar-refractivity contribution in [3.8, 4) is 0 Å². The third-order valence-corrected chi connectivity index (χ3v) is 5.16. The van der Waals surface area contributed by atoms with Gasteiger partial charge in [-0.05, 0) is 36.4 Å². The van der Waals surface area contributed by atoms with E-state index >= 15 is 0 Å². The molecule has 3 rings (SSSR count). The first kappa shape index (κ1) is 18.3. The van der Waals surface area contributed by atoms with Gasteiger partial charge in [-0.15, -0.1) is 0 Å². The molecule has 1 fully saturated rings. The lowest BCUT2D eigenvalue weighted by atomic mass is 10.2. The molecule has 7 heteroatoms. The number of nitrogens with one attached hydrogen (secondary N) is 1. The lowest BCUT2D eigenvalue weighted by Gasteiger charge is -2.35. The summed E-state index contributed by atoms with van der Waals surface area (Å²) in [6.45, 7) is 3.54. The summed E-state index contributed by atoms with van der Waals surface area (Å²) in [5, 5.41) is 4.89. The van der Waals surface area contributed by atoms with E-state index in [0.29, 0.717) is 34.7 Å². The molecule has 0 saturated carbocycles. The average Bonchev–Trinajstić information content (AvgIpc) is 2.61. The number of benzene rings is 2. The van der Waals surface area contributed by atoms with Crippen LogP contribution < -0.4 is 5.32 Å². The number of carbonyl (C=O) groups excluding carboxylic acids is 1. The molecule has 1 aliphatic rings. The highest BCUT2D eigenvalue weighted by atomic mass is 35.5. The number of piperazine rings is 1. The van der Waals surface area contributed by atoms with E-state index in [1.165, 1.54) is 0 Å². The molecule has 2 aromatic rings. The fourth-order valence-electron chi connectivity index (χ4n) is 2.75. The number of carbonyl (C=O) groups is 1. The second-order valence-corrected chi connectivity index (χ2v) is 7.15. The minimum atomic E-state index is -0.0993. The number of hydrogen-bond acceptors (Lipinski definition) is 2. The molecule has 0 radical (unpaired) electrons. The highest BCUT2D eigenvalue weighted by Crippen LogP contribution is 2.26. The number of nitrogens with zero attached hydrogens (tertiary/aromatic N) is 2. The van der Waals surface area contributed by atoms with Crippen molar-refractivity contribution >= 4 is 46.5 Å². The van der Waals surface area contributed by atoms with Gasteiger partial charge >= 0.3 is 6.03 Å². The van der Waals surface area contributed by atoms with Gasteiger partial charge in [0.25, 0.3) is 0 Å². The van der Waals surface area contributed by atoms with Crippen LogP contribution in [-0.4, -0.2) is 42.0 Å². The van der Waals surface area contributed by atoms with Crippen LogP contribution in [0.15, 0.2) is 42.5 Å². The Morgan fingerprint density at radius 2 is 1.52 bits per heavy atom. The van der Waals surface area contributed by atoms with Crippen molar-refractivity contribution in [2.45, 2.75) is 6.54 Å². The quantitative estimate of drug-likeness (QED) is 0.790. The zero-order valence-corrected chi connectivity index (χ0v) is 15.8. The fourth-order valence-corrected chi connectivity index (χ4v) is 3.39. The van der Waals surface area contributed by atoms with E-state index in [1.807, 2.05) is 18.2 Å². The minimum absolute atomic E-state index is 0.0993. The Hall–Kier alpha value is -1.46. The summed E-state index contributed by atoms with van der Waals surface area (Å²) in [4.78, 5) is 16.4. The van der Waals surface area contributed by atoms with Crippen molar-refractivity contribution in [2.75, 3.05) is 31.5 Å². The summed E-state index contributed by atoms with van der Waals surface area (Å²) in [7, 11) is 0. The molecule has 0 bridgehead atoms. The Balaban J connectivity index is 1.53. The summed E-state index contributed by atoms with van der Waals surface area (Å²) in [5.74, 6) is 0. The van der Waals surface area contributed by atoms with Crippen LogP contribution >= 0.6 is 34.8 Å². The van der Waals surface area contributed by atoms with E-state index in [9.17, 15) is 4.79 Å². The largest absolute Gasteiger partial charge is 0.322 e. The Morgan fingerprint density at radius 1 is 0.920 bits per heavy atom. The second kappa shape index (κ2) is 8.28. The number of anilines is 1. The van der Waals surface area contributed by atoms with Gasteiger partial charge in [0.15, 0.2) is 0 Å². The predicted molar refractivity (Wildman–Crippen MR) is 104 cm³/mol. The van der Waals surface area contributed by atoms with Crippen molar-refractivity contribution in [3.63, 3.8) is 0 Å². The fraction of sp³-hybridized carbons (Fsp3) is 0.278. The zero-order chi connectivity index (χ0) is 17.8. The summed E-state index contributed by atoms with van der Waals surface area (Å²) < 4.78 is 0. The molecule has 0 aromatic heterocycles. The molecule has 1 aliphatic heterocycles. The number of halogens is 3. The predicted octanol–water partition coefficient (Wildman–Crippen LogP) is 5.00. The van der Waals surface area contributed by atoms with Crippen LogP contribution in [0.4, 0.5) is 10.5 Å². The molecule has 1 heterocycles. The third kappa shape index (κ3) is 4.79. The summed E-state index contributed by atoms with van der Waals surface area (Å²) in [6.07, 6.45) is 0. The summed E-state index contributed by atoms with van der Waals surface area (Å²) >= 11 is 18.3. The Labute approximate surface area is 162 Å². The molecular formula is C18H18Cl3N3O. The first-order valence-corrected chi connectivity index (χ1v) is 9.13. The molecule has 0 aliphatic carbocycles. The minimum Gasteiger partial charge on any atom is -0.322 e. The number of rotatable bonds is 3. The van der Waals surface area contributed by atoms with Gasteiger partial charge < -0.3 is 10.2 Å². The molecule has 25 heavy (non-hydrogen) atoms. The van der Waals surface area contributed by atoms with Crippen LogP contribution in [0.1, 0.15) is 5.56 Å². The smallest absolute Gasteiger partial charge is 0.321 e. The normalized spacial score (nSPS) is 15.2. The van der Waals surface area contributed by atoms with E-state index in [4.69, 9.17) is 34.8 Å².